The van der Waals surface area contributed by atoms with E-state index in [0.29, 0.717) is 5.46 Å². The van der Waals surface area contributed by atoms with Crippen molar-refractivity contribution in [1.29, 1.82) is 0 Å². The van der Waals surface area contributed by atoms with Crippen LogP contribution in [-0.4, -0.2) is 72.3 Å². The van der Waals surface area contributed by atoms with Gasteiger partial charge in [-0.3, -0.25) is 9.88 Å². The zero-order chi connectivity index (χ0) is 20.4. The van der Waals surface area contributed by atoms with Crippen LogP contribution in [0.25, 0.3) is 0 Å². The highest BCUT2D eigenvalue weighted by Gasteiger charge is 2.37. The highest BCUT2D eigenvalue weighted by molar-refractivity contribution is 6.60. The third-order valence-corrected chi connectivity index (χ3v) is 5.88. The molecule has 7 nitrogen and oxygen atoms in total. The van der Waals surface area contributed by atoms with E-state index in [9.17, 15) is 5.02 Å². The summed E-state index contributed by atoms with van der Waals surface area (Å²) in [5.41, 5.74) is 1.66. The van der Waals surface area contributed by atoms with Crippen LogP contribution in [0.2, 0.25) is 0 Å². The highest BCUT2D eigenvalue weighted by atomic mass is 16.6. The molecule has 0 aliphatic carbocycles. The number of nitrogens with zero attached hydrogens (tertiary/aromatic N) is 3. The average molecular weight is 389 g/mol. The van der Waals surface area contributed by atoms with Crippen LogP contribution < -0.4 is 5.46 Å². The van der Waals surface area contributed by atoms with Crippen molar-refractivity contribution >= 4 is 18.3 Å². The predicted molar refractivity (Wildman–Crippen MR) is 110 cm³/mol. The molecule has 0 saturated carbocycles. The Bertz CT molecular complexity index is 682. The van der Waals surface area contributed by atoms with E-state index in [-0.39, 0.29) is 11.5 Å². The summed E-state index contributed by atoms with van der Waals surface area (Å²) in [6.45, 7) is 14.5. The van der Waals surface area contributed by atoms with Crippen LogP contribution in [0.15, 0.2) is 23.5 Å². The normalized spacial score (nSPS) is 21.4. The first-order chi connectivity index (χ1) is 13.2. The van der Waals surface area contributed by atoms with Gasteiger partial charge in [-0.1, -0.05) is 32.0 Å². The minimum absolute atomic E-state index is 0.0519. The van der Waals surface area contributed by atoms with Crippen molar-refractivity contribution in [3.05, 3.63) is 24.0 Å². The zero-order valence-electron chi connectivity index (χ0n) is 17.6. The summed E-state index contributed by atoms with van der Waals surface area (Å²) in [7, 11) is -1.02. The molecule has 3 heterocycles. The fraction of sp³-hybridized carbons (Fsp3) is 0.700. The van der Waals surface area contributed by atoms with E-state index < -0.39 is 12.7 Å². The molecule has 1 aromatic heterocycles. The van der Waals surface area contributed by atoms with Crippen molar-refractivity contribution in [1.82, 2.24) is 9.88 Å². The van der Waals surface area contributed by atoms with Crippen LogP contribution >= 0.6 is 0 Å². The van der Waals surface area contributed by atoms with E-state index in [1.54, 1.807) is 6.20 Å². The molecule has 1 N–H and O–H groups in total. The minimum atomic E-state index is -1.02. The Morgan fingerprint density at radius 1 is 1.21 bits per heavy atom. The number of morpholine rings is 1. The molecular weight excluding hydrogens is 357 g/mol. The van der Waals surface area contributed by atoms with Crippen molar-refractivity contribution in [3.8, 4) is 0 Å². The van der Waals surface area contributed by atoms with Crippen molar-refractivity contribution in [2.45, 2.75) is 52.7 Å². The van der Waals surface area contributed by atoms with Crippen LogP contribution in [0, 0.1) is 5.41 Å². The van der Waals surface area contributed by atoms with E-state index >= 15 is 0 Å². The molecule has 28 heavy (non-hydrogen) atoms. The second kappa shape index (κ2) is 8.49. The molecule has 0 bridgehead atoms. The molecule has 1 aromatic rings. The lowest BCUT2D eigenvalue weighted by atomic mass is 9.74. The van der Waals surface area contributed by atoms with Crippen LogP contribution in [0.1, 0.15) is 46.7 Å². The van der Waals surface area contributed by atoms with Gasteiger partial charge in [0.15, 0.2) is 0 Å². The molecule has 0 radical (unpaired) electrons. The molecule has 2 aliphatic rings. The number of ether oxygens (including phenoxy) is 1. The first-order valence-electron chi connectivity index (χ1n) is 10.0. The number of pyridine rings is 1. The maximum atomic E-state index is 10.5. The van der Waals surface area contributed by atoms with Gasteiger partial charge in [-0.25, -0.2) is 0 Å². The third kappa shape index (κ3) is 5.11. The van der Waals surface area contributed by atoms with E-state index in [1.165, 1.54) is 0 Å². The monoisotopic (exact) mass is 389 g/mol. The molecule has 154 valence electrons. The quantitative estimate of drug-likeness (QED) is 0.742. The predicted octanol–water partition coefficient (Wildman–Crippen LogP) is 1.44. The van der Waals surface area contributed by atoms with Gasteiger partial charge in [0.2, 0.25) is 0 Å². The van der Waals surface area contributed by atoms with Gasteiger partial charge < -0.3 is 19.3 Å². The van der Waals surface area contributed by atoms with Crippen molar-refractivity contribution in [3.63, 3.8) is 0 Å². The Balaban J connectivity index is 1.55. The van der Waals surface area contributed by atoms with E-state index in [1.807, 2.05) is 26.0 Å². The van der Waals surface area contributed by atoms with Gasteiger partial charge in [0.05, 0.1) is 24.5 Å². The summed E-state index contributed by atoms with van der Waals surface area (Å²) in [5, 5.41) is 14.7. The third-order valence-electron chi connectivity index (χ3n) is 5.88. The Labute approximate surface area is 168 Å². The summed E-state index contributed by atoms with van der Waals surface area (Å²) >= 11 is 0. The Hall–Kier alpha value is -1.48. The molecule has 0 spiro atoms. The SMILES string of the molecule is CC(C)(C)C(C)(C)OB(O)c1ccc(C2=NOC(CN3CCOCC3)C2)nc1. The van der Waals surface area contributed by atoms with Gasteiger partial charge >= 0.3 is 7.12 Å². The van der Waals surface area contributed by atoms with Gasteiger partial charge in [-0.15, -0.1) is 0 Å². The first kappa shape index (κ1) is 21.2. The van der Waals surface area contributed by atoms with E-state index in [2.05, 4.69) is 35.8 Å². The van der Waals surface area contributed by atoms with Crippen molar-refractivity contribution < 1.29 is 19.3 Å². The summed E-state index contributed by atoms with van der Waals surface area (Å²) in [6.07, 6.45) is 2.44. The number of rotatable bonds is 6. The summed E-state index contributed by atoms with van der Waals surface area (Å²) < 4.78 is 11.3. The number of hydrogen-bond donors (Lipinski definition) is 1. The molecule has 1 atom stereocenters. The van der Waals surface area contributed by atoms with Crippen LogP contribution in [0.5, 0.6) is 0 Å². The van der Waals surface area contributed by atoms with Crippen LogP contribution in [-0.2, 0) is 14.2 Å². The van der Waals surface area contributed by atoms with Crippen molar-refractivity contribution in [2.75, 3.05) is 32.8 Å². The average Bonchev–Trinajstić information content (AvgIpc) is 3.10. The number of oxime groups is 1. The zero-order valence-corrected chi connectivity index (χ0v) is 17.6. The molecule has 1 saturated heterocycles. The fourth-order valence-corrected chi connectivity index (χ4v) is 3.00. The summed E-state index contributed by atoms with van der Waals surface area (Å²) in [5.74, 6) is 0. The molecular formula is C20H32BN3O4. The fourth-order valence-electron chi connectivity index (χ4n) is 3.00. The van der Waals surface area contributed by atoms with Crippen LogP contribution in [0.3, 0.4) is 0 Å². The Kier molecular flexibility index (Phi) is 6.44. The van der Waals surface area contributed by atoms with Gasteiger partial charge in [-0.05, 0) is 25.3 Å². The highest BCUT2D eigenvalue weighted by Crippen LogP contribution is 2.33. The van der Waals surface area contributed by atoms with E-state index in [0.717, 1.165) is 50.7 Å². The maximum Gasteiger partial charge on any atom is 0.493 e. The molecule has 0 aromatic carbocycles. The molecule has 1 fully saturated rings. The topological polar surface area (TPSA) is 76.4 Å². The lowest BCUT2D eigenvalue weighted by Crippen LogP contribution is -2.48. The smallest absolute Gasteiger partial charge is 0.423 e. The molecule has 2 aliphatic heterocycles. The Morgan fingerprint density at radius 2 is 1.93 bits per heavy atom. The summed E-state index contributed by atoms with van der Waals surface area (Å²) in [6, 6.07) is 3.70. The van der Waals surface area contributed by atoms with Gasteiger partial charge in [0.1, 0.15) is 11.8 Å². The number of aromatic nitrogens is 1. The summed E-state index contributed by atoms with van der Waals surface area (Å²) in [4.78, 5) is 12.4. The molecule has 1 unspecified atom stereocenters. The molecule has 8 heteroatoms. The van der Waals surface area contributed by atoms with E-state index in [4.69, 9.17) is 14.2 Å². The maximum absolute atomic E-state index is 10.5. The Morgan fingerprint density at radius 3 is 2.54 bits per heavy atom. The molecule has 3 rings (SSSR count). The number of hydrogen-bond acceptors (Lipinski definition) is 7. The van der Waals surface area contributed by atoms with Gasteiger partial charge in [0.25, 0.3) is 0 Å². The van der Waals surface area contributed by atoms with Crippen molar-refractivity contribution in [2.24, 2.45) is 10.6 Å². The van der Waals surface area contributed by atoms with Gasteiger partial charge in [-0.2, -0.15) is 0 Å². The second-order valence-electron chi connectivity index (χ2n) is 9.09. The van der Waals surface area contributed by atoms with Crippen LogP contribution in [0.4, 0.5) is 0 Å². The molecule has 0 amide bonds. The lowest BCUT2D eigenvalue weighted by Gasteiger charge is -2.40. The largest absolute Gasteiger partial charge is 0.493 e. The second-order valence-corrected chi connectivity index (χ2v) is 9.09. The first-order valence-corrected chi connectivity index (χ1v) is 10.0. The van der Waals surface area contributed by atoms with Gasteiger partial charge in [0, 0.05) is 37.7 Å². The minimum Gasteiger partial charge on any atom is -0.423 e. The lowest BCUT2D eigenvalue weighted by molar-refractivity contribution is -0.0129. The standard InChI is InChI=1S/C20H32BN3O4/c1-19(2,3)20(4,5)28-21(25)15-6-7-17(22-13-15)18-12-16(27-23-18)14-24-8-10-26-11-9-24/h6-7,13,16,25H,8-12,14H2,1-5H3.